The van der Waals surface area contributed by atoms with Crippen molar-refractivity contribution in [3.05, 3.63) is 47.0 Å². The molecular formula is C16H15ClF2N2O3. The maximum atomic E-state index is 13.1. The van der Waals surface area contributed by atoms with Crippen molar-refractivity contribution in [3.63, 3.8) is 0 Å². The first-order chi connectivity index (χ1) is 11.4. The van der Waals surface area contributed by atoms with Crippen LogP contribution in [0.1, 0.15) is 0 Å². The molecule has 0 spiro atoms. The van der Waals surface area contributed by atoms with Gasteiger partial charge in [0.25, 0.3) is 0 Å². The SMILES string of the molecule is COc1cc(NCC(=O)Nc2cc(F)cc(F)c2)c(OC)cc1Cl. The maximum Gasteiger partial charge on any atom is 0.243 e. The van der Waals surface area contributed by atoms with Gasteiger partial charge in [-0.15, -0.1) is 0 Å². The standard InChI is InChI=1S/C16H15ClF2N2O3/c1-23-14-7-13(15(24-2)6-12(14)17)20-8-16(22)21-11-4-9(18)3-10(19)5-11/h3-7,20H,8H2,1-2H3,(H,21,22). The molecule has 0 aromatic heterocycles. The Balaban J connectivity index is 2.06. The van der Waals surface area contributed by atoms with Gasteiger partial charge in [0.1, 0.15) is 23.1 Å². The van der Waals surface area contributed by atoms with Gasteiger partial charge in [0, 0.05) is 23.9 Å². The first-order valence-electron chi connectivity index (χ1n) is 6.84. The summed E-state index contributed by atoms with van der Waals surface area (Å²) in [5.41, 5.74) is 0.513. The van der Waals surface area contributed by atoms with E-state index < -0.39 is 17.5 Å². The molecule has 2 aromatic rings. The molecule has 128 valence electrons. The van der Waals surface area contributed by atoms with Gasteiger partial charge in [-0.3, -0.25) is 4.79 Å². The smallest absolute Gasteiger partial charge is 0.243 e. The average Bonchev–Trinajstić information content (AvgIpc) is 2.52. The molecule has 0 radical (unpaired) electrons. The average molecular weight is 357 g/mol. The fourth-order valence-corrected chi connectivity index (χ4v) is 2.24. The second-order valence-electron chi connectivity index (χ2n) is 4.75. The molecule has 2 N–H and O–H groups in total. The number of anilines is 2. The number of carbonyl (C=O) groups excluding carboxylic acids is 1. The number of hydrogen-bond donors (Lipinski definition) is 2. The van der Waals surface area contributed by atoms with Crippen LogP contribution in [0, 0.1) is 11.6 Å². The lowest BCUT2D eigenvalue weighted by Gasteiger charge is -2.14. The van der Waals surface area contributed by atoms with E-state index in [1.807, 2.05) is 0 Å². The number of benzene rings is 2. The van der Waals surface area contributed by atoms with Crippen LogP contribution in [0.4, 0.5) is 20.2 Å². The fraction of sp³-hybridized carbons (Fsp3) is 0.188. The molecule has 5 nitrogen and oxygen atoms in total. The van der Waals surface area contributed by atoms with Crippen LogP contribution in [-0.2, 0) is 4.79 Å². The summed E-state index contributed by atoms with van der Waals surface area (Å²) in [6, 6.07) is 5.89. The molecule has 2 aromatic carbocycles. The number of carbonyl (C=O) groups is 1. The summed E-state index contributed by atoms with van der Waals surface area (Å²) >= 11 is 6.00. The van der Waals surface area contributed by atoms with E-state index in [-0.39, 0.29) is 12.2 Å². The monoisotopic (exact) mass is 356 g/mol. The number of ether oxygens (including phenoxy) is 2. The Bertz CT molecular complexity index is 736. The Hall–Kier alpha value is -2.54. The van der Waals surface area contributed by atoms with Crippen molar-refractivity contribution in [2.75, 3.05) is 31.4 Å². The van der Waals surface area contributed by atoms with Gasteiger partial charge in [0.2, 0.25) is 5.91 Å². The van der Waals surface area contributed by atoms with Gasteiger partial charge in [0.05, 0.1) is 31.5 Å². The third-order valence-electron chi connectivity index (χ3n) is 3.06. The molecule has 0 atom stereocenters. The minimum Gasteiger partial charge on any atom is -0.495 e. The van der Waals surface area contributed by atoms with Crippen LogP contribution in [0.15, 0.2) is 30.3 Å². The minimum atomic E-state index is -0.776. The van der Waals surface area contributed by atoms with E-state index in [2.05, 4.69) is 10.6 Å². The lowest BCUT2D eigenvalue weighted by atomic mass is 10.2. The Morgan fingerprint density at radius 2 is 1.67 bits per heavy atom. The van der Waals surface area contributed by atoms with Crippen LogP contribution in [0.2, 0.25) is 5.02 Å². The summed E-state index contributed by atoms with van der Waals surface area (Å²) in [4.78, 5) is 11.9. The predicted octanol–water partition coefficient (Wildman–Crippen LogP) is 3.69. The first-order valence-corrected chi connectivity index (χ1v) is 7.22. The molecular weight excluding hydrogens is 342 g/mol. The highest BCUT2D eigenvalue weighted by molar-refractivity contribution is 6.32. The summed E-state index contributed by atoms with van der Waals surface area (Å²) < 4.78 is 36.5. The maximum absolute atomic E-state index is 13.1. The van der Waals surface area contributed by atoms with Crippen LogP contribution in [-0.4, -0.2) is 26.7 Å². The Labute approximate surface area is 142 Å². The summed E-state index contributed by atoms with van der Waals surface area (Å²) in [5, 5.41) is 5.60. The molecule has 0 fully saturated rings. The molecule has 24 heavy (non-hydrogen) atoms. The van der Waals surface area contributed by atoms with E-state index in [0.29, 0.717) is 22.2 Å². The predicted molar refractivity (Wildman–Crippen MR) is 88.0 cm³/mol. The Kier molecular flexibility index (Phi) is 5.81. The van der Waals surface area contributed by atoms with Crippen LogP contribution < -0.4 is 20.1 Å². The molecule has 0 saturated carbocycles. The normalized spacial score (nSPS) is 10.2. The lowest BCUT2D eigenvalue weighted by Crippen LogP contribution is -2.22. The van der Waals surface area contributed by atoms with Crippen molar-refractivity contribution in [2.24, 2.45) is 0 Å². The molecule has 0 aliphatic rings. The van der Waals surface area contributed by atoms with Crippen LogP contribution in [0.25, 0.3) is 0 Å². The van der Waals surface area contributed by atoms with E-state index >= 15 is 0 Å². The third kappa shape index (κ3) is 4.48. The number of methoxy groups -OCH3 is 2. The molecule has 0 aliphatic carbocycles. The Morgan fingerprint density at radius 1 is 1.04 bits per heavy atom. The van der Waals surface area contributed by atoms with Gasteiger partial charge in [-0.25, -0.2) is 8.78 Å². The molecule has 8 heteroatoms. The number of amides is 1. The summed E-state index contributed by atoms with van der Waals surface area (Å²) in [7, 11) is 2.92. The number of nitrogens with one attached hydrogen (secondary N) is 2. The molecule has 1 amide bonds. The zero-order valence-electron chi connectivity index (χ0n) is 13.0. The molecule has 0 heterocycles. The molecule has 0 unspecified atom stereocenters. The van der Waals surface area contributed by atoms with Gasteiger partial charge in [-0.2, -0.15) is 0 Å². The second-order valence-corrected chi connectivity index (χ2v) is 5.15. The molecule has 0 bridgehead atoms. The molecule has 0 saturated heterocycles. The fourth-order valence-electron chi connectivity index (χ4n) is 2.01. The number of halogens is 3. The summed E-state index contributed by atoms with van der Waals surface area (Å²) in [6.45, 7) is -0.153. The quantitative estimate of drug-likeness (QED) is 0.828. The van der Waals surface area contributed by atoms with Crippen molar-refractivity contribution < 1.29 is 23.0 Å². The van der Waals surface area contributed by atoms with Gasteiger partial charge < -0.3 is 20.1 Å². The zero-order valence-corrected chi connectivity index (χ0v) is 13.7. The van der Waals surface area contributed by atoms with Gasteiger partial charge in [-0.1, -0.05) is 11.6 Å². The van der Waals surface area contributed by atoms with E-state index in [1.54, 1.807) is 12.1 Å². The highest BCUT2D eigenvalue weighted by atomic mass is 35.5. The van der Waals surface area contributed by atoms with Gasteiger partial charge >= 0.3 is 0 Å². The van der Waals surface area contributed by atoms with Crippen LogP contribution >= 0.6 is 11.6 Å². The highest BCUT2D eigenvalue weighted by Gasteiger charge is 2.11. The third-order valence-corrected chi connectivity index (χ3v) is 3.36. The highest BCUT2D eigenvalue weighted by Crippen LogP contribution is 2.35. The minimum absolute atomic E-state index is 0.0277. The number of hydrogen-bond acceptors (Lipinski definition) is 4. The summed E-state index contributed by atoms with van der Waals surface area (Å²) in [6.07, 6.45) is 0. The van der Waals surface area contributed by atoms with E-state index in [0.717, 1.165) is 18.2 Å². The van der Waals surface area contributed by atoms with E-state index in [4.69, 9.17) is 21.1 Å². The van der Waals surface area contributed by atoms with E-state index in [9.17, 15) is 13.6 Å². The molecule has 0 aliphatic heterocycles. The largest absolute Gasteiger partial charge is 0.495 e. The summed E-state index contributed by atoms with van der Waals surface area (Å²) in [5.74, 6) is -1.21. The van der Waals surface area contributed by atoms with Crippen molar-refractivity contribution in [1.82, 2.24) is 0 Å². The lowest BCUT2D eigenvalue weighted by molar-refractivity contribution is -0.114. The zero-order chi connectivity index (χ0) is 17.7. The number of rotatable bonds is 6. The van der Waals surface area contributed by atoms with Crippen LogP contribution in [0.5, 0.6) is 11.5 Å². The second kappa shape index (κ2) is 7.83. The topological polar surface area (TPSA) is 59.6 Å². The van der Waals surface area contributed by atoms with Crippen LogP contribution in [0.3, 0.4) is 0 Å². The van der Waals surface area contributed by atoms with Crippen molar-refractivity contribution in [3.8, 4) is 11.5 Å². The van der Waals surface area contributed by atoms with Crippen molar-refractivity contribution in [1.29, 1.82) is 0 Å². The van der Waals surface area contributed by atoms with Crippen molar-refractivity contribution in [2.45, 2.75) is 0 Å². The Morgan fingerprint density at radius 3 is 2.25 bits per heavy atom. The van der Waals surface area contributed by atoms with Gasteiger partial charge in [-0.05, 0) is 12.1 Å². The van der Waals surface area contributed by atoms with Crippen molar-refractivity contribution >= 4 is 28.9 Å². The molecule has 2 rings (SSSR count). The van der Waals surface area contributed by atoms with Gasteiger partial charge in [0.15, 0.2) is 0 Å². The first kappa shape index (κ1) is 17.8. The van der Waals surface area contributed by atoms with E-state index in [1.165, 1.54) is 14.2 Å².